The van der Waals surface area contributed by atoms with Gasteiger partial charge in [-0.15, -0.1) is 0 Å². The lowest BCUT2D eigenvalue weighted by Gasteiger charge is -2.53. The monoisotopic (exact) mass is 446 g/mol. The Balaban J connectivity index is 1.41. The predicted octanol–water partition coefficient (Wildman–Crippen LogP) is 2.80. The molecule has 0 spiro atoms. The maximum atomic E-state index is 13.2. The summed E-state index contributed by atoms with van der Waals surface area (Å²) in [5.74, 6) is -0.0710. The van der Waals surface area contributed by atoms with E-state index in [0.717, 1.165) is 12.8 Å². The van der Waals surface area contributed by atoms with Crippen molar-refractivity contribution in [3.8, 4) is 0 Å². The van der Waals surface area contributed by atoms with Crippen LogP contribution in [-0.2, 0) is 29.2 Å². The van der Waals surface area contributed by atoms with E-state index in [9.17, 15) is 35.6 Å². The Kier molecular flexibility index (Phi) is 5.76. The summed E-state index contributed by atoms with van der Waals surface area (Å²) in [4.78, 5) is 24.7. The Morgan fingerprint density at radius 3 is 2.17 bits per heavy atom. The van der Waals surface area contributed by atoms with Gasteiger partial charge in [-0.25, -0.2) is 0 Å². The molecule has 0 aromatic heterocycles. The van der Waals surface area contributed by atoms with Crippen LogP contribution in [0.15, 0.2) is 0 Å². The maximum Gasteiger partial charge on any atom is 0.459 e. The molecule has 0 amide bonds. The van der Waals surface area contributed by atoms with Crippen molar-refractivity contribution >= 4 is 21.9 Å². The Labute approximate surface area is 164 Å². The average molecular weight is 446 g/mol. The first-order chi connectivity index (χ1) is 13.3. The first-order valence-corrected chi connectivity index (χ1v) is 10.8. The first kappa shape index (κ1) is 22.4. The summed E-state index contributed by atoms with van der Waals surface area (Å²) in [6, 6.07) is 0. The molecule has 2 unspecified atom stereocenters. The zero-order chi connectivity index (χ0) is 21.7. The van der Waals surface area contributed by atoms with Gasteiger partial charge < -0.3 is 9.47 Å². The van der Waals surface area contributed by atoms with E-state index in [1.807, 2.05) is 0 Å². The summed E-state index contributed by atoms with van der Waals surface area (Å²) < 4.78 is 90.1. The number of ketones is 1. The standard InChI is InChI=1S/C17H22F4O7S/c18-16(19,17(20,21)29(24,25)26)28-4-2-1-3-27-14(23)15-7-10-5-11(8-15)13(22)12(6-10)9-15/h10-12H,1-9H2,(H,24,25,26). The van der Waals surface area contributed by atoms with Crippen molar-refractivity contribution in [2.75, 3.05) is 13.2 Å². The van der Waals surface area contributed by atoms with Crippen molar-refractivity contribution in [1.82, 2.24) is 0 Å². The number of unbranched alkanes of at least 4 members (excludes halogenated alkanes) is 1. The number of ether oxygens (including phenoxy) is 2. The first-order valence-electron chi connectivity index (χ1n) is 9.37. The number of esters is 1. The van der Waals surface area contributed by atoms with Crippen LogP contribution in [0.1, 0.15) is 44.9 Å². The van der Waals surface area contributed by atoms with Gasteiger partial charge in [0.2, 0.25) is 0 Å². The van der Waals surface area contributed by atoms with Crippen molar-refractivity contribution < 1.29 is 49.6 Å². The molecule has 7 nitrogen and oxygen atoms in total. The average Bonchev–Trinajstić information content (AvgIpc) is 2.60. The summed E-state index contributed by atoms with van der Waals surface area (Å²) in [6.07, 6.45) is -2.34. The van der Waals surface area contributed by atoms with Gasteiger partial charge in [-0.3, -0.25) is 14.1 Å². The lowest BCUT2D eigenvalue weighted by atomic mass is 9.49. The van der Waals surface area contributed by atoms with E-state index in [2.05, 4.69) is 4.74 Å². The smallest absolute Gasteiger partial charge is 0.459 e. The fourth-order valence-electron chi connectivity index (χ4n) is 4.95. The molecule has 4 aliphatic rings. The largest absolute Gasteiger partial charge is 0.465 e. The maximum absolute atomic E-state index is 13.2. The van der Waals surface area contributed by atoms with E-state index >= 15 is 0 Å². The number of carbonyl (C=O) groups is 2. The van der Waals surface area contributed by atoms with Crippen molar-refractivity contribution in [3.05, 3.63) is 0 Å². The summed E-state index contributed by atoms with van der Waals surface area (Å²) in [7, 11) is -6.35. The number of Topliss-reactive ketones (excluding diaryl/α,β-unsaturated/α-hetero) is 1. The minimum Gasteiger partial charge on any atom is -0.465 e. The molecule has 0 aliphatic heterocycles. The number of rotatable bonds is 9. The Bertz CT molecular complexity index is 765. The third-order valence-corrected chi connectivity index (χ3v) is 7.03. The fourth-order valence-corrected chi connectivity index (χ4v) is 5.31. The molecule has 29 heavy (non-hydrogen) atoms. The third kappa shape index (κ3) is 4.02. The van der Waals surface area contributed by atoms with Crippen LogP contribution < -0.4 is 0 Å². The molecule has 0 saturated heterocycles. The SMILES string of the molecule is O=C1C2CC3CC1CC(C(=O)OCCCCOC(F)(F)C(F)(F)S(=O)(=O)O)(C3)C2. The van der Waals surface area contributed by atoms with Gasteiger partial charge in [0.05, 0.1) is 18.6 Å². The lowest BCUT2D eigenvalue weighted by Crippen LogP contribution is -2.54. The second kappa shape index (κ2) is 7.45. The van der Waals surface area contributed by atoms with Crippen molar-refractivity contribution in [2.24, 2.45) is 23.2 Å². The molecule has 1 N–H and O–H groups in total. The molecule has 2 atom stereocenters. The van der Waals surface area contributed by atoms with Crippen LogP contribution in [0.3, 0.4) is 0 Å². The molecule has 4 bridgehead atoms. The molecular weight excluding hydrogens is 424 g/mol. The molecule has 0 aromatic carbocycles. The molecule has 4 fully saturated rings. The van der Waals surface area contributed by atoms with Crippen LogP contribution in [0.25, 0.3) is 0 Å². The summed E-state index contributed by atoms with van der Waals surface area (Å²) in [6.45, 7) is -1.07. The summed E-state index contributed by atoms with van der Waals surface area (Å²) >= 11 is 0. The number of carbonyl (C=O) groups excluding carboxylic acids is 2. The highest BCUT2D eigenvalue weighted by atomic mass is 32.2. The number of hydrogen-bond acceptors (Lipinski definition) is 6. The van der Waals surface area contributed by atoms with Gasteiger partial charge in [-0.1, -0.05) is 0 Å². The van der Waals surface area contributed by atoms with Crippen molar-refractivity contribution in [1.29, 1.82) is 0 Å². The molecule has 166 valence electrons. The van der Waals surface area contributed by atoms with Crippen LogP contribution in [0, 0.1) is 23.2 Å². The van der Waals surface area contributed by atoms with Crippen LogP contribution in [-0.4, -0.2) is 49.3 Å². The molecule has 4 saturated carbocycles. The highest BCUT2D eigenvalue weighted by molar-refractivity contribution is 7.86. The van der Waals surface area contributed by atoms with Gasteiger partial charge in [0.25, 0.3) is 0 Å². The zero-order valence-corrected chi connectivity index (χ0v) is 16.2. The molecule has 0 radical (unpaired) electrons. The van der Waals surface area contributed by atoms with Gasteiger partial charge in [0, 0.05) is 11.8 Å². The van der Waals surface area contributed by atoms with Crippen LogP contribution >= 0.6 is 0 Å². The van der Waals surface area contributed by atoms with E-state index in [0.29, 0.717) is 25.2 Å². The number of alkyl halides is 4. The normalized spacial score (nSPS) is 31.9. The van der Waals surface area contributed by atoms with E-state index < -0.39 is 39.5 Å². The third-order valence-electron chi connectivity index (χ3n) is 6.15. The Morgan fingerprint density at radius 1 is 1.07 bits per heavy atom. The van der Waals surface area contributed by atoms with E-state index in [4.69, 9.17) is 9.29 Å². The summed E-state index contributed by atoms with van der Waals surface area (Å²) in [5.41, 5.74) is -0.675. The molecule has 12 heteroatoms. The zero-order valence-electron chi connectivity index (χ0n) is 15.4. The van der Waals surface area contributed by atoms with Gasteiger partial charge in [0.1, 0.15) is 5.78 Å². The lowest BCUT2D eigenvalue weighted by molar-refractivity contribution is -0.318. The van der Waals surface area contributed by atoms with Crippen LogP contribution in [0.5, 0.6) is 0 Å². The minimum absolute atomic E-state index is 0.0323. The fraction of sp³-hybridized carbons (Fsp3) is 0.882. The minimum atomic E-state index is -6.35. The van der Waals surface area contributed by atoms with E-state index in [-0.39, 0.29) is 37.1 Å². The Morgan fingerprint density at radius 2 is 1.62 bits per heavy atom. The predicted molar refractivity (Wildman–Crippen MR) is 88.6 cm³/mol. The van der Waals surface area contributed by atoms with Gasteiger partial charge >= 0.3 is 27.5 Å². The number of hydrogen-bond donors (Lipinski definition) is 1. The van der Waals surface area contributed by atoms with Crippen LogP contribution in [0.2, 0.25) is 0 Å². The van der Waals surface area contributed by atoms with Gasteiger partial charge in [0.15, 0.2) is 0 Å². The highest BCUT2D eigenvalue weighted by Crippen LogP contribution is 2.59. The van der Waals surface area contributed by atoms with Gasteiger partial charge in [-0.05, 0) is 50.9 Å². The Hall–Kier alpha value is -1.27. The van der Waals surface area contributed by atoms with Crippen LogP contribution in [0.4, 0.5) is 17.6 Å². The quantitative estimate of drug-likeness (QED) is 0.251. The van der Waals surface area contributed by atoms with E-state index in [1.54, 1.807) is 0 Å². The van der Waals surface area contributed by atoms with Gasteiger partial charge in [-0.2, -0.15) is 26.0 Å². The molecule has 0 aromatic rings. The second-order valence-electron chi connectivity index (χ2n) is 8.23. The molecule has 4 aliphatic carbocycles. The summed E-state index contributed by atoms with van der Waals surface area (Å²) in [5, 5.41) is -5.78. The van der Waals surface area contributed by atoms with E-state index in [1.165, 1.54) is 0 Å². The topological polar surface area (TPSA) is 107 Å². The molecular formula is C17H22F4O7S. The van der Waals surface area contributed by atoms with Crippen molar-refractivity contribution in [2.45, 2.75) is 56.3 Å². The number of halogens is 4. The second-order valence-corrected chi connectivity index (χ2v) is 9.69. The molecule has 4 rings (SSSR count). The van der Waals surface area contributed by atoms with Crippen molar-refractivity contribution in [3.63, 3.8) is 0 Å². The highest BCUT2D eigenvalue weighted by Gasteiger charge is 2.67. The molecule has 0 heterocycles.